The van der Waals surface area contributed by atoms with Gasteiger partial charge in [-0.2, -0.15) is 5.26 Å². The fourth-order valence-electron chi connectivity index (χ4n) is 3.88. The molecule has 0 atom stereocenters. The Morgan fingerprint density at radius 1 is 1.00 bits per heavy atom. The number of benzene rings is 2. The highest BCUT2D eigenvalue weighted by molar-refractivity contribution is 5.75. The number of nitrogens with zero attached hydrogens (tertiary/aromatic N) is 5. The minimum Gasteiger partial charge on any atom is -0.379 e. The van der Waals surface area contributed by atoms with Gasteiger partial charge in [-0.05, 0) is 29.3 Å². The van der Waals surface area contributed by atoms with Gasteiger partial charge in [-0.15, -0.1) is 0 Å². The third-order valence-corrected chi connectivity index (χ3v) is 5.44. The Morgan fingerprint density at radius 3 is 2.70 bits per heavy atom. The maximum absolute atomic E-state index is 9.44. The lowest BCUT2D eigenvalue weighted by Crippen LogP contribution is -2.35. The molecule has 0 saturated carbocycles. The van der Waals surface area contributed by atoms with Gasteiger partial charge < -0.3 is 4.74 Å². The van der Waals surface area contributed by atoms with Crippen LogP contribution in [-0.4, -0.2) is 45.6 Å². The molecular weight excluding hydrogens is 374 g/mol. The van der Waals surface area contributed by atoms with Gasteiger partial charge in [0.2, 0.25) is 5.78 Å². The molecule has 0 N–H and O–H groups in total. The van der Waals surface area contributed by atoms with E-state index in [0.717, 1.165) is 60.9 Å². The zero-order valence-corrected chi connectivity index (χ0v) is 16.5. The molecule has 1 saturated heterocycles. The topological polar surface area (TPSA) is 66.5 Å². The minimum atomic E-state index is 0.669. The number of rotatable bonds is 4. The zero-order chi connectivity index (χ0) is 20.3. The number of imidazole rings is 1. The van der Waals surface area contributed by atoms with Gasteiger partial charge in [-0.3, -0.25) is 9.30 Å². The Bertz CT molecular complexity index is 1230. The van der Waals surface area contributed by atoms with Gasteiger partial charge in [0, 0.05) is 31.4 Å². The van der Waals surface area contributed by atoms with E-state index in [4.69, 9.17) is 9.72 Å². The summed E-state index contributed by atoms with van der Waals surface area (Å²) in [6.45, 7) is 4.23. The number of hydrogen-bond acceptors (Lipinski definition) is 5. The van der Waals surface area contributed by atoms with Crippen LogP contribution in [-0.2, 0) is 11.3 Å². The second-order valence-corrected chi connectivity index (χ2v) is 7.36. The standard InChI is InChI=1S/C24H21N5O/c25-15-20-4-1-2-7-22(20)18-5-3-6-19(14-18)23-16-26-24-27-21(8-9-29(23)24)17-28-10-12-30-13-11-28/h1-9,14,16H,10-13,17H2. The molecule has 0 bridgehead atoms. The molecule has 30 heavy (non-hydrogen) atoms. The fraction of sp³-hybridized carbons (Fsp3) is 0.208. The van der Waals surface area contributed by atoms with Crippen molar-refractivity contribution in [3.63, 3.8) is 0 Å². The molecule has 2 aromatic heterocycles. The summed E-state index contributed by atoms with van der Waals surface area (Å²) in [5.41, 5.74) is 5.64. The van der Waals surface area contributed by atoms with Crippen LogP contribution in [0.4, 0.5) is 0 Å². The molecule has 6 heteroatoms. The van der Waals surface area contributed by atoms with Crippen LogP contribution in [0.2, 0.25) is 0 Å². The van der Waals surface area contributed by atoms with E-state index < -0.39 is 0 Å². The van der Waals surface area contributed by atoms with E-state index in [1.807, 2.05) is 53.2 Å². The summed E-state index contributed by atoms with van der Waals surface area (Å²) in [6.07, 6.45) is 3.90. The predicted molar refractivity (Wildman–Crippen MR) is 115 cm³/mol. The van der Waals surface area contributed by atoms with E-state index in [2.05, 4.69) is 34.2 Å². The van der Waals surface area contributed by atoms with Gasteiger partial charge in [0.15, 0.2) is 0 Å². The van der Waals surface area contributed by atoms with Crippen molar-refractivity contribution in [2.75, 3.05) is 26.3 Å². The zero-order valence-electron chi connectivity index (χ0n) is 16.5. The Morgan fingerprint density at radius 2 is 1.83 bits per heavy atom. The second-order valence-electron chi connectivity index (χ2n) is 7.36. The molecule has 1 fully saturated rings. The second kappa shape index (κ2) is 8.07. The van der Waals surface area contributed by atoms with Gasteiger partial charge >= 0.3 is 0 Å². The average Bonchev–Trinajstić information content (AvgIpc) is 3.23. The summed E-state index contributed by atoms with van der Waals surface area (Å²) in [5.74, 6) is 0.693. The highest BCUT2D eigenvalue weighted by Gasteiger charge is 2.14. The van der Waals surface area contributed by atoms with Crippen LogP contribution in [0, 0.1) is 11.3 Å². The lowest BCUT2D eigenvalue weighted by Gasteiger charge is -2.26. The quantitative estimate of drug-likeness (QED) is 0.526. The van der Waals surface area contributed by atoms with E-state index >= 15 is 0 Å². The molecule has 0 unspecified atom stereocenters. The van der Waals surface area contributed by atoms with Gasteiger partial charge in [0.1, 0.15) is 0 Å². The minimum absolute atomic E-state index is 0.669. The molecule has 4 aromatic rings. The van der Waals surface area contributed by atoms with Crippen LogP contribution < -0.4 is 0 Å². The molecule has 0 amide bonds. The molecule has 2 aromatic carbocycles. The first-order valence-corrected chi connectivity index (χ1v) is 10.0. The van der Waals surface area contributed by atoms with Gasteiger partial charge in [0.25, 0.3) is 0 Å². The monoisotopic (exact) mass is 395 g/mol. The Balaban J connectivity index is 1.47. The molecule has 1 aliphatic heterocycles. The molecule has 5 rings (SSSR count). The first-order chi connectivity index (χ1) is 14.8. The molecule has 1 aliphatic rings. The maximum atomic E-state index is 9.44. The van der Waals surface area contributed by atoms with Crippen molar-refractivity contribution in [1.82, 2.24) is 19.3 Å². The van der Waals surface area contributed by atoms with E-state index in [9.17, 15) is 5.26 Å². The average molecular weight is 395 g/mol. The summed E-state index contributed by atoms with van der Waals surface area (Å²) in [6, 6.07) is 20.2. The van der Waals surface area contributed by atoms with Crippen molar-refractivity contribution >= 4 is 5.78 Å². The Kier molecular flexibility index (Phi) is 4.98. The van der Waals surface area contributed by atoms with Crippen molar-refractivity contribution in [2.45, 2.75) is 6.54 Å². The van der Waals surface area contributed by atoms with Crippen molar-refractivity contribution in [3.8, 4) is 28.5 Å². The molecule has 3 heterocycles. The van der Waals surface area contributed by atoms with Crippen LogP contribution in [0.5, 0.6) is 0 Å². The Labute approximate surface area is 175 Å². The van der Waals surface area contributed by atoms with Gasteiger partial charge in [0.05, 0.1) is 42.4 Å². The van der Waals surface area contributed by atoms with Gasteiger partial charge in [-0.1, -0.05) is 36.4 Å². The lowest BCUT2D eigenvalue weighted by atomic mass is 9.98. The van der Waals surface area contributed by atoms with E-state index in [1.165, 1.54) is 0 Å². The highest BCUT2D eigenvalue weighted by atomic mass is 16.5. The molecule has 0 spiro atoms. The van der Waals surface area contributed by atoms with E-state index in [0.29, 0.717) is 11.3 Å². The molecule has 0 radical (unpaired) electrons. The smallest absolute Gasteiger partial charge is 0.234 e. The van der Waals surface area contributed by atoms with Crippen LogP contribution in [0.3, 0.4) is 0 Å². The number of hydrogen-bond donors (Lipinski definition) is 0. The van der Waals surface area contributed by atoms with E-state index in [-0.39, 0.29) is 0 Å². The van der Waals surface area contributed by atoms with E-state index in [1.54, 1.807) is 0 Å². The van der Waals surface area contributed by atoms with Crippen LogP contribution in [0.1, 0.15) is 11.3 Å². The molecule has 6 nitrogen and oxygen atoms in total. The summed E-state index contributed by atoms with van der Waals surface area (Å²) < 4.78 is 7.43. The summed E-state index contributed by atoms with van der Waals surface area (Å²) >= 11 is 0. The number of morpholine rings is 1. The first kappa shape index (κ1) is 18.5. The number of fused-ring (bicyclic) bond motifs is 1. The third kappa shape index (κ3) is 3.57. The fourth-order valence-corrected chi connectivity index (χ4v) is 3.88. The van der Waals surface area contributed by atoms with Crippen LogP contribution in [0.15, 0.2) is 67.0 Å². The lowest BCUT2D eigenvalue weighted by molar-refractivity contribution is 0.0336. The van der Waals surface area contributed by atoms with Crippen LogP contribution in [0.25, 0.3) is 28.2 Å². The molecule has 148 valence electrons. The number of nitriles is 1. The normalized spacial score (nSPS) is 14.6. The molecular formula is C24H21N5O. The summed E-state index contributed by atoms with van der Waals surface area (Å²) in [7, 11) is 0. The Hall–Kier alpha value is -3.53. The third-order valence-electron chi connectivity index (χ3n) is 5.44. The largest absolute Gasteiger partial charge is 0.379 e. The SMILES string of the molecule is N#Cc1ccccc1-c1cccc(-c2cnc3nc(CN4CCOCC4)ccn23)c1. The van der Waals surface area contributed by atoms with Crippen molar-refractivity contribution in [2.24, 2.45) is 0 Å². The summed E-state index contributed by atoms with van der Waals surface area (Å²) in [4.78, 5) is 11.6. The van der Waals surface area contributed by atoms with Crippen molar-refractivity contribution in [3.05, 3.63) is 78.2 Å². The molecule has 0 aliphatic carbocycles. The predicted octanol–water partition coefficient (Wildman–Crippen LogP) is 3.77. The van der Waals surface area contributed by atoms with Crippen molar-refractivity contribution < 1.29 is 4.74 Å². The van der Waals surface area contributed by atoms with Gasteiger partial charge in [-0.25, -0.2) is 9.97 Å². The first-order valence-electron chi connectivity index (χ1n) is 10.0. The number of aromatic nitrogens is 3. The van der Waals surface area contributed by atoms with Crippen LogP contribution >= 0.6 is 0 Å². The number of ether oxygens (including phenoxy) is 1. The highest BCUT2D eigenvalue weighted by Crippen LogP contribution is 2.28. The summed E-state index contributed by atoms with van der Waals surface area (Å²) in [5, 5.41) is 9.44. The van der Waals surface area contributed by atoms with Crippen molar-refractivity contribution in [1.29, 1.82) is 5.26 Å². The maximum Gasteiger partial charge on any atom is 0.234 e.